The van der Waals surface area contributed by atoms with Gasteiger partial charge in [-0.3, -0.25) is 0 Å². The first-order chi connectivity index (χ1) is 13.5. The van der Waals surface area contributed by atoms with E-state index in [0.717, 1.165) is 12.8 Å². The summed E-state index contributed by atoms with van der Waals surface area (Å²) in [4.78, 5) is 13.0. The molecule has 6 heteroatoms. The van der Waals surface area contributed by atoms with Crippen molar-refractivity contribution < 1.29 is 29.2 Å². The van der Waals surface area contributed by atoms with Gasteiger partial charge in [0.15, 0.2) is 11.5 Å². The summed E-state index contributed by atoms with van der Waals surface area (Å²) < 4.78 is 17.2. The average Bonchev–Trinajstić information content (AvgIpc) is 3.19. The quantitative estimate of drug-likeness (QED) is 0.588. The SMILES string of the molecule is COc1cc(C(=O)O[C@@H]2C[C@@]3(C)O[C@@H]3C[C@@]3(C)CC[C@](O)(C(C)C)[C@@H]23)ccc1O. The van der Waals surface area contributed by atoms with Crippen molar-refractivity contribution in [3.05, 3.63) is 23.8 Å². The number of rotatable bonds is 4. The molecule has 6 nitrogen and oxygen atoms in total. The first-order valence-electron chi connectivity index (χ1n) is 10.5. The van der Waals surface area contributed by atoms with E-state index >= 15 is 0 Å². The van der Waals surface area contributed by atoms with Gasteiger partial charge < -0.3 is 24.4 Å². The topological polar surface area (TPSA) is 88.5 Å². The lowest BCUT2D eigenvalue weighted by atomic mass is 9.67. The lowest BCUT2D eigenvalue weighted by Gasteiger charge is -2.44. The number of phenols is 1. The van der Waals surface area contributed by atoms with E-state index in [4.69, 9.17) is 14.2 Å². The molecule has 1 aromatic carbocycles. The Morgan fingerprint density at radius 2 is 1.97 bits per heavy atom. The number of methoxy groups -OCH3 is 1. The van der Waals surface area contributed by atoms with Gasteiger partial charge in [0, 0.05) is 12.3 Å². The Labute approximate surface area is 172 Å². The molecule has 160 valence electrons. The van der Waals surface area contributed by atoms with Crippen LogP contribution in [0.5, 0.6) is 11.5 Å². The van der Waals surface area contributed by atoms with Crippen LogP contribution >= 0.6 is 0 Å². The Bertz CT molecular complexity index is 822. The molecule has 4 rings (SSSR count). The van der Waals surface area contributed by atoms with E-state index in [9.17, 15) is 15.0 Å². The number of carbonyl (C=O) groups is 1. The predicted molar refractivity (Wildman–Crippen MR) is 107 cm³/mol. The highest BCUT2D eigenvalue weighted by Crippen LogP contribution is 2.63. The van der Waals surface area contributed by atoms with Crippen molar-refractivity contribution in [2.24, 2.45) is 17.3 Å². The molecule has 1 saturated heterocycles. The van der Waals surface area contributed by atoms with E-state index in [1.54, 1.807) is 0 Å². The molecule has 2 saturated carbocycles. The molecule has 2 aliphatic carbocycles. The van der Waals surface area contributed by atoms with Crippen LogP contribution in [0.2, 0.25) is 0 Å². The number of benzene rings is 1. The van der Waals surface area contributed by atoms with Crippen LogP contribution in [-0.4, -0.2) is 46.7 Å². The maximum Gasteiger partial charge on any atom is 0.338 e. The first kappa shape index (κ1) is 20.5. The normalized spacial score (nSPS) is 40.7. The van der Waals surface area contributed by atoms with Gasteiger partial charge in [0.05, 0.1) is 30.0 Å². The smallest absolute Gasteiger partial charge is 0.338 e. The molecule has 0 radical (unpaired) electrons. The van der Waals surface area contributed by atoms with Crippen LogP contribution in [0.25, 0.3) is 0 Å². The van der Waals surface area contributed by atoms with E-state index in [-0.39, 0.29) is 40.5 Å². The van der Waals surface area contributed by atoms with E-state index in [1.165, 1.54) is 25.3 Å². The molecule has 3 aliphatic rings. The minimum atomic E-state index is -0.876. The standard InChI is InChI=1S/C23H32O6/c1-13(2)23(26)9-8-21(3)12-18-22(4,29-18)11-17(19(21)23)28-20(25)14-6-7-15(24)16(10-14)27-5/h6-7,10,13,17-19,24,26H,8-9,11-12H2,1-5H3/t17-,18-,19+,21-,22-,23+/m1/s1. The summed E-state index contributed by atoms with van der Waals surface area (Å²) in [6.07, 6.45) is 2.76. The van der Waals surface area contributed by atoms with Crippen molar-refractivity contribution in [2.75, 3.05) is 7.11 Å². The summed E-state index contributed by atoms with van der Waals surface area (Å²) in [7, 11) is 1.44. The van der Waals surface area contributed by atoms with Gasteiger partial charge in [0.25, 0.3) is 0 Å². The molecule has 1 aromatic rings. The molecule has 0 unspecified atom stereocenters. The van der Waals surface area contributed by atoms with Crippen LogP contribution in [0.1, 0.15) is 63.7 Å². The summed E-state index contributed by atoms with van der Waals surface area (Å²) in [6, 6.07) is 4.43. The fraction of sp³-hybridized carbons (Fsp3) is 0.696. The lowest BCUT2D eigenvalue weighted by molar-refractivity contribution is -0.120. The van der Waals surface area contributed by atoms with Crippen molar-refractivity contribution in [1.29, 1.82) is 0 Å². The molecule has 0 aromatic heterocycles. The Morgan fingerprint density at radius 1 is 1.24 bits per heavy atom. The first-order valence-corrected chi connectivity index (χ1v) is 10.5. The molecule has 3 fully saturated rings. The fourth-order valence-electron chi connectivity index (χ4n) is 5.84. The maximum atomic E-state index is 13.0. The molecule has 0 spiro atoms. The van der Waals surface area contributed by atoms with E-state index in [2.05, 4.69) is 13.8 Å². The number of fused-ring (bicyclic) bond motifs is 2. The van der Waals surface area contributed by atoms with Crippen LogP contribution in [-0.2, 0) is 9.47 Å². The Morgan fingerprint density at radius 3 is 2.62 bits per heavy atom. The summed E-state index contributed by atoms with van der Waals surface area (Å²) in [5, 5.41) is 21.4. The largest absolute Gasteiger partial charge is 0.504 e. The maximum absolute atomic E-state index is 13.0. The average molecular weight is 405 g/mol. The fourth-order valence-corrected chi connectivity index (χ4v) is 5.84. The van der Waals surface area contributed by atoms with Crippen molar-refractivity contribution in [2.45, 2.75) is 76.8 Å². The van der Waals surface area contributed by atoms with Crippen LogP contribution in [0.3, 0.4) is 0 Å². The van der Waals surface area contributed by atoms with Crippen LogP contribution in [0, 0.1) is 17.3 Å². The number of carbonyl (C=O) groups excluding carboxylic acids is 1. The summed E-state index contributed by atoms with van der Waals surface area (Å²) in [5.74, 6) is -0.366. The second-order valence-electron chi connectivity index (χ2n) is 9.94. The number of epoxide rings is 1. The second kappa shape index (κ2) is 6.61. The molecular weight excluding hydrogens is 372 g/mol. The molecule has 0 amide bonds. The van der Waals surface area contributed by atoms with Crippen molar-refractivity contribution in [1.82, 2.24) is 0 Å². The van der Waals surface area contributed by atoms with Crippen LogP contribution in [0.15, 0.2) is 18.2 Å². The number of ether oxygens (including phenoxy) is 3. The van der Waals surface area contributed by atoms with Crippen LogP contribution in [0.4, 0.5) is 0 Å². The minimum absolute atomic E-state index is 0.0298. The Balaban J connectivity index is 1.67. The molecule has 1 heterocycles. The number of phenolic OH excluding ortho intramolecular Hbond substituents is 1. The van der Waals surface area contributed by atoms with Gasteiger partial charge >= 0.3 is 5.97 Å². The monoisotopic (exact) mass is 404 g/mol. The van der Waals surface area contributed by atoms with Crippen molar-refractivity contribution in [3.63, 3.8) is 0 Å². The highest BCUT2D eigenvalue weighted by Gasteiger charge is 2.68. The zero-order valence-corrected chi connectivity index (χ0v) is 17.9. The molecule has 0 bridgehead atoms. The number of hydrogen-bond acceptors (Lipinski definition) is 6. The van der Waals surface area contributed by atoms with Crippen molar-refractivity contribution >= 4 is 5.97 Å². The summed E-state index contributed by atoms with van der Waals surface area (Å²) in [5.41, 5.74) is -1.01. The van der Waals surface area contributed by atoms with E-state index in [0.29, 0.717) is 18.4 Å². The number of aliphatic hydroxyl groups is 1. The van der Waals surface area contributed by atoms with Gasteiger partial charge in [0.2, 0.25) is 0 Å². The number of aromatic hydroxyl groups is 1. The summed E-state index contributed by atoms with van der Waals surface area (Å²) >= 11 is 0. The molecule has 2 N–H and O–H groups in total. The van der Waals surface area contributed by atoms with Gasteiger partial charge in [-0.05, 0) is 55.7 Å². The third-order valence-electron chi connectivity index (χ3n) is 7.72. The Hall–Kier alpha value is -1.79. The van der Waals surface area contributed by atoms with Gasteiger partial charge in [0.1, 0.15) is 6.10 Å². The zero-order chi connectivity index (χ0) is 21.2. The van der Waals surface area contributed by atoms with E-state index < -0.39 is 17.7 Å². The van der Waals surface area contributed by atoms with E-state index in [1.807, 2.05) is 13.8 Å². The third kappa shape index (κ3) is 3.21. The Kier molecular flexibility index (Phi) is 4.67. The second-order valence-corrected chi connectivity index (χ2v) is 9.94. The molecule has 1 aliphatic heterocycles. The number of esters is 1. The van der Waals surface area contributed by atoms with Crippen LogP contribution < -0.4 is 4.74 Å². The minimum Gasteiger partial charge on any atom is -0.504 e. The molecule has 6 atom stereocenters. The molecule has 29 heavy (non-hydrogen) atoms. The predicted octanol–water partition coefficient (Wildman–Crippen LogP) is 3.68. The zero-order valence-electron chi connectivity index (χ0n) is 17.9. The van der Waals surface area contributed by atoms with Crippen molar-refractivity contribution in [3.8, 4) is 11.5 Å². The highest BCUT2D eigenvalue weighted by molar-refractivity contribution is 5.90. The third-order valence-corrected chi connectivity index (χ3v) is 7.72. The van der Waals surface area contributed by atoms with Gasteiger partial charge in [-0.1, -0.05) is 20.8 Å². The highest BCUT2D eigenvalue weighted by atomic mass is 16.6. The lowest BCUT2D eigenvalue weighted by Crippen LogP contribution is -2.50. The summed E-state index contributed by atoms with van der Waals surface area (Å²) in [6.45, 7) is 8.36. The van der Waals surface area contributed by atoms with Gasteiger partial charge in [-0.2, -0.15) is 0 Å². The van der Waals surface area contributed by atoms with Gasteiger partial charge in [-0.25, -0.2) is 4.79 Å². The number of hydrogen-bond donors (Lipinski definition) is 2. The molecular formula is C23H32O6. The van der Waals surface area contributed by atoms with Gasteiger partial charge in [-0.15, -0.1) is 0 Å².